The van der Waals surface area contributed by atoms with Crippen molar-refractivity contribution >= 4 is 17.3 Å². The highest BCUT2D eigenvalue weighted by Crippen LogP contribution is 2.28. The van der Waals surface area contributed by atoms with E-state index in [9.17, 15) is 0 Å². The number of anilines is 1. The van der Waals surface area contributed by atoms with Gasteiger partial charge in [0.1, 0.15) is 0 Å². The minimum Gasteiger partial charge on any atom is -0.369 e. The Kier molecular flexibility index (Phi) is 6.51. The van der Waals surface area contributed by atoms with Gasteiger partial charge in [0, 0.05) is 35.4 Å². The predicted octanol–water partition coefficient (Wildman–Crippen LogP) is 4.20. The van der Waals surface area contributed by atoms with Gasteiger partial charge in [0.05, 0.1) is 0 Å². The summed E-state index contributed by atoms with van der Waals surface area (Å²) in [5, 5.41) is 0.774. The summed E-state index contributed by atoms with van der Waals surface area (Å²) in [5.74, 6) is 0. The van der Waals surface area contributed by atoms with E-state index in [1.165, 1.54) is 24.9 Å². The second-order valence-electron chi connectivity index (χ2n) is 4.94. The largest absolute Gasteiger partial charge is 0.369 e. The number of unbranched alkanes of at least 4 members (excludes halogenated alkanes) is 2. The maximum atomic E-state index is 6.23. The molecule has 102 valence electrons. The zero-order chi connectivity index (χ0) is 13.5. The number of halogens is 1. The van der Waals surface area contributed by atoms with E-state index in [4.69, 9.17) is 17.3 Å². The minimum atomic E-state index is 0.464. The highest BCUT2D eigenvalue weighted by Gasteiger charge is 2.15. The van der Waals surface area contributed by atoms with Gasteiger partial charge >= 0.3 is 0 Å². The lowest BCUT2D eigenvalue weighted by Gasteiger charge is -2.31. The summed E-state index contributed by atoms with van der Waals surface area (Å²) < 4.78 is 0. The molecule has 0 fully saturated rings. The van der Waals surface area contributed by atoms with Crippen molar-refractivity contribution in [2.75, 3.05) is 11.4 Å². The molecule has 0 heterocycles. The lowest BCUT2D eigenvalue weighted by Crippen LogP contribution is -2.32. The van der Waals surface area contributed by atoms with E-state index in [1.54, 1.807) is 0 Å². The van der Waals surface area contributed by atoms with Gasteiger partial charge in [0.25, 0.3) is 0 Å². The third-order valence-electron chi connectivity index (χ3n) is 3.23. The summed E-state index contributed by atoms with van der Waals surface area (Å²) in [6.45, 7) is 8.22. The molecule has 0 saturated carbocycles. The summed E-state index contributed by atoms with van der Waals surface area (Å²) in [7, 11) is 0. The highest BCUT2D eigenvalue weighted by molar-refractivity contribution is 6.31. The van der Waals surface area contributed by atoms with Gasteiger partial charge in [0.15, 0.2) is 0 Å². The van der Waals surface area contributed by atoms with Gasteiger partial charge in [-0.15, -0.1) is 0 Å². The van der Waals surface area contributed by atoms with E-state index < -0.39 is 0 Å². The van der Waals surface area contributed by atoms with Crippen LogP contribution in [0.5, 0.6) is 0 Å². The SMILES string of the molecule is CCCCCN(c1cccc(Cl)c1CN)C(C)C. The molecule has 0 radical (unpaired) electrons. The summed E-state index contributed by atoms with van der Waals surface area (Å²) in [6, 6.07) is 6.51. The van der Waals surface area contributed by atoms with Crippen LogP contribution in [-0.2, 0) is 6.54 Å². The van der Waals surface area contributed by atoms with Crippen molar-refractivity contribution in [1.82, 2.24) is 0 Å². The van der Waals surface area contributed by atoms with Gasteiger partial charge in [-0.05, 0) is 32.4 Å². The van der Waals surface area contributed by atoms with Crippen molar-refractivity contribution in [3.63, 3.8) is 0 Å². The first kappa shape index (κ1) is 15.3. The van der Waals surface area contributed by atoms with Gasteiger partial charge in [-0.3, -0.25) is 0 Å². The van der Waals surface area contributed by atoms with Crippen molar-refractivity contribution < 1.29 is 0 Å². The normalized spacial score (nSPS) is 11.0. The standard InChI is InChI=1S/C15H25ClN2/c1-4-5-6-10-18(12(2)3)15-9-7-8-14(16)13(15)11-17/h7-9,12H,4-6,10-11,17H2,1-3H3. The molecule has 0 aliphatic heterocycles. The molecule has 0 aliphatic rings. The molecule has 1 aromatic rings. The highest BCUT2D eigenvalue weighted by atomic mass is 35.5. The zero-order valence-electron chi connectivity index (χ0n) is 11.7. The fourth-order valence-electron chi connectivity index (χ4n) is 2.21. The van der Waals surface area contributed by atoms with Crippen LogP contribution in [0.4, 0.5) is 5.69 Å². The maximum Gasteiger partial charge on any atom is 0.0471 e. The molecule has 0 aliphatic carbocycles. The number of benzene rings is 1. The molecule has 0 saturated heterocycles. The van der Waals surface area contributed by atoms with Gasteiger partial charge in [-0.2, -0.15) is 0 Å². The maximum absolute atomic E-state index is 6.23. The fraction of sp³-hybridized carbons (Fsp3) is 0.600. The molecular formula is C15H25ClN2. The second kappa shape index (κ2) is 7.65. The van der Waals surface area contributed by atoms with Crippen LogP contribution in [0, 0.1) is 0 Å². The molecule has 0 atom stereocenters. The molecule has 0 bridgehead atoms. The van der Waals surface area contributed by atoms with E-state index in [0.29, 0.717) is 12.6 Å². The molecular weight excluding hydrogens is 244 g/mol. The van der Waals surface area contributed by atoms with E-state index in [0.717, 1.165) is 17.1 Å². The third-order valence-corrected chi connectivity index (χ3v) is 3.59. The smallest absolute Gasteiger partial charge is 0.0471 e. The van der Waals surface area contributed by atoms with Crippen molar-refractivity contribution in [3.8, 4) is 0 Å². The topological polar surface area (TPSA) is 29.3 Å². The van der Waals surface area contributed by atoms with E-state index in [2.05, 4.69) is 31.7 Å². The third kappa shape index (κ3) is 3.89. The van der Waals surface area contributed by atoms with Crippen LogP contribution >= 0.6 is 11.6 Å². The summed E-state index contributed by atoms with van der Waals surface area (Å²) in [4.78, 5) is 2.41. The number of nitrogens with two attached hydrogens (primary N) is 1. The van der Waals surface area contributed by atoms with Crippen molar-refractivity contribution in [2.24, 2.45) is 5.73 Å². The Labute approximate surface area is 116 Å². The van der Waals surface area contributed by atoms with Crippen LogP contribution in [0.3, 0.4) is 0 Å². The Morgan fingerprint density at radius 2 is 2.00 bits per heavy atom. The molecule has 0 aromatic heterocycles. The lowest BCUT2D eigenvalue weighted by molar-refractivity contribution is 0.624. The van der Waals surface area contributed by atoms with Gasteiger partial charge in [-0.1, -0.05) is 37.4 Å². The second-order valence-corrected chi connectivity index (χ2v) is 5.34. The van der Waals surface area contributed by atoms with E-state index in [-0.39, 0.29) is 0 Å². The van der Waals surface area contributed by atoms with E-state index in [1.807, 2.05) is 12.1 Å². The Balaban J connectivity index is 2.94. The Morgan fingerprint density at radius 1 is 1.28 bits per heavy atom. The summed E-state index contributed by atoms with van der Waals surface area (Å²) in [5.41, 5.74) is 8.08. The van der Waals surface area contributed by atoms with Crippen LogP contribution in [0.25, 0.3) is 0 Å². The van der Waals surface area contributed by atoms with Crippen LogP contribution in [0.1, 0.15) is 45.6 Å². The number of nitrogens with zero attached hydrogens (tertiary/aromatic N) is 1. The minimum absolute atomic E-state index is 0.464. The van der Waals surface area contributed by atoms with Gasteiger partial charge < -0.3 is 10.6 Å². The molecule has 2 N–H and O–H groups in total. The van der Waals surface area contributed by atoms with Crippen LogP contribution in [0.2, 0.25) is 5.02 Å². The molecule has 0 amide bonds. The van der Waals surface area contributed by atoms with Crippen molar-refractivity contribution in [3.05, 3.63) is 28.8 Å². The van der Waals surface area contributed by atoms with Crippen LogP contribution < -0.4 is 10.6 Å². The predicted molar refractivity (Wildman–Crippen MR) is 81.4 cm³/mol. The molecule has 0 spiro atoms. The first-order chi connectivity index (χ1) is 8.61. The van der Waals surface area contributed by atoms with Crippen LogP contribution in [0.15, 0.2) is 18.2 Å². The van der Waals surface area contributed by atoms with E-state index >= 15 is 0 Å². The van der Waals surface area contributed by atoms with Crippen molar-refractivity contribution in [2.45, 2.75) is 52.6 Å². The van der Waals surface area contributed by atoms with Crippen LogP contribution in [-0.4, -0.2) is 12.6 Å². The zero-order valence-corrected chi connectivity index (χ0v) is 12.5. The first-order valence-corrected chi connectivity index (χ1v) is 7.23. The molecule has 3 heteroatoms. The Bertz CT molecular complexity index is 364. The van der Waals surface area contributed by atoms with Gasteiger partial charge in [0.2, 0.25) is 0 Å². The number of rotatable bonds is 7. The number of hydrogen-bond acceptors (Lipinski definition) is 2. The molecule has 2 nitrogen and oxygen atoms in total. The summed E-state index contributed by atoms with van der Waals surface area (Å²) in [6.07, 6.45) is 3.72. The molecule has 18 heavy (non-hydrogen) atoms. The lowest BCUT2D eigenvalue weighted by atomic mass is 10.1. The molecule has 1 aromatic carbocycles. The monoisotopic (exact) mass is 268 g/mol. The quantitative estimate of drug-likeness (QED) is 0.751. The first-order valence-electron chi connectivity index (χ1n) is 6.85. The average molecular weight is 269 g/mol. The summed E-state index contributed by atoms with van der Waals surface area (Å²) >= 11 is 6.23. The molecule has 0 unspecified atom stereocenters. The van der Waals surface area contributed by atoms with Gasteiger partial charge in [-0.25, -0.2) is 0 Å². The fourth-order valence-corrected chi connectivity index (χ4v) is 2.45. The van der Waals surface area contributed by atoms with Crippen molar-refractivity contribution in [1.29, 1.82) is 0 Å². The number of hydrogen-bond donors (Lipinski definition) is 1. The Morgan fingerprint density at radius 3 is 2.56 bits per heavy atom. The molecule has 1 rings (SSSR count). The average Bonchev–Trinajstić information content (AvgIpc) is 2.34. The Hall–Kier alpha value is -0.730.